The van der Waals surface area contributed by atoms with E-state index >= 15 is 0 Å². The molecule has 0 aliphatic rings. The van der Waals surface area contributed by atoms with Crippen LogP contribution in [0.15, 0.2) is 36.4 Å². The Labute approximate surface area is 137 Å². The fourth-order valence-corrected chi connectivity index (χ4v) is 1.85. The van der Waals surface area contributed by atoms with Gasteiger partial charge >= 0.3 is 0 Å². The molecule has 0 aromatic heterocycles. The summed E-state index contributed by atoms with van der Waals surface area (Å²) in [4.78, 5) is 11.8. The van der Waals surface area contributed by atoms with Gasteiger partial charge in [0.25, 0.3) is 5.91 Å². The number of para-hydroxylation sites is 2. The van der Waals surface area contributed by atoms with Crippen LogP contribution in [0.5, 0.6) is 11.5 Å². The van der Waals surface area contributed by atoms with E-state index in [2.05, 4.69) is 5.32 Å². The normalized spacial score (nSPS) is 10.3. The minimum Gasteiger partial charge on any atom is -0.490 e. The van der Waals surface area contributed by atoms with Crippen LogP contribution in [0.4, 0.5) is 18.9 Å². The lowest BCUT2D eigenvalue weighted by atomic mass is 10.3. The van der Waals surface area contributed by atoms with Gasteiger partial charge in [0.15, 0.2) is 35.6 Å². The largest absolute Gasteiger partial charge is 0.490 e. The standard InChI is InChI=1S/C17H16F3NO3/c1-2-9-23-13-5-3-4-6-14(13)24-10-15(22)21-12-8-7-11(18)16(19)17(12)20/h3-8H,2,9-10H2,1H3,(H,21,22). The second-order valence-corrected chi connectivity index (χ2v) is 4.85. The second-order valence-electron chi connectivity index (χ2n) is 4.85. The Balaban J connectivity index is 1.98. The lowest BCUT2D eigenvalue weighted by Gasteiger charge is -2.12. The van der Waals surface area contributed by atoms with Gasteiger partial charge in [0, 0.05) is 0 Å². The van der Waals surface area contributed by atoms with Gasteiger partial charge in [0.1, 0.15) is 0 Å². The van der Waals surface area contributed by atoms with Crippen molar-refractivity contribution in [2.24, 2.45) is 0 Å². The highest BCUT2D eigenvalue weighted by Gasteiger charge is 2.15. The van der Waals surface area contributed by atoms with E-state index in [1.807, 2.05) is 6.92 Å². The molecule has 0 atom stereocenters. The zero-order valence-corrected chi connectivity index (χ0v) is 12.9. The molecule has 2 rings (SSSR count). The Morgan fingerprint density at radius 3 is 2.33 bits per heavy atom. The molecule has 0 bridgehead atoms. The number of amides is 1. The fraction of sp³-hybridized carbons (Fsp3) is 0.235. The zero-order chi connectivity index (χ0) is 17.5. The Kier molecular flexibility index (Phi) is 6.06. The molecule has 1 amide bonds. The average Bonchev–Trinajstić information content (AvgIpc) is 2.59. The first kappa shape index (κ1) is 17.7. The van der Waals surface area contributed by atoms with Gasteiger partial charge in [-0.05, 0) is 30.7 Å². The summed E-state index contributed by atoms with van der Waals surface area (Å²) >= 11 is 0. The molecule has 128 valence electrons. The van der Waals surface area contributed by atoms with Gasteiger partial charge in [-0.25, -0.2) is 13.2 Å². The van der Waals surface area contributed by atoms with Crippen molar-refractivity contribution in [2.75, 3.05) is 18.5 Å². The number of ether oxygens (including phenoxy) is 2. The van der Waals surface area contributed by atoms with Crippen molar-refractivity contribution in [3.63, 3.8) is 0 Å². The molecule has 1 N–H and O–H groups in total. The zero-order valence-electron chi connectivity index (χ0n) is 12.9. The summed E-state index contributed by atoms with van der Waals surface area (Å²) in [6.07, 6.45) is 0.810. The first-order valence-electron chi connectivity index (χ1n) is 7.31. The average molecular weight is 339 g/mol. The van der Waals surface area contributed by atoms with E-state index in [-0.39, 0.29) is 0 Å². The lowest BCUT2D eigenvalue weighted by molar-refractivity contribution is -0.118. The third-order valence-electron chi connectivity index (χ3n) is 2.98. The maximum absolute atomic E-state index is 13.5. The fourth-order valence-electron chi connectivity index (χ4n) is 1.85. The van der Waals surface area contributed by atoms with Gasteiger partial charge in [0.2, 0.25) is 0 Å². The summed E-state index contributed by atoms with van der Waals surface area (Å²) in [6.45, 7) is 2.00. The predicted molar refractivity (Wildman–Crippen MR) is 82.7 cm³/mol. The topological polar surface area (TPSA) is 47.6 Å². The second kappa shape index (κ2) is 8.24. The summed E-state index contributed by atoms with van der Waals surface area (Å²) in [7, 11) is 0. The maximum Gasteiger partial charge on any atom is 0.262 e. The Morgan fingerprint density at radius 1 is 1.00 bits per heavy atom. The quantitative estimate of drug-likeness (QED) is 0.778. The van der Waals surface area contributed by atoms with Crippen molar-refractivity contribution in [1.82, 2.24) is 0 Å². The third kappa shape index (κ3) is 4.41. The van der Waals surface area contributed by atoms with Crippen LogP contribution in [0.25, 0.3) is 0 Å². The smallest absolute Gasteiger partial charge is 0.262 e. The molecule has 2 aromatic carbocycles. The van der Waals surface area contributed by atoms with Gasteiger partial charge in [-0.15, -0.1) is 0 Å². The molecule has 4 nitrogen and oxygen atoms in total. The van der Waals surface area contributed by atoms with E-state index in [9.17, 15) is 18.0 Å². The van der Waals surface area contributed by atoms with Crippen LogP contribution < -0.4 is 14.8 Å². The van der Waals surface area contributed by atoms with Gasteiger partial charge in [0.05, 0.1) is 12.3 Å². The number of carbonyl (C=O) groups excluding carboxylic acids is 1. The minimum absolute atomic E-state index is 0.354. The first-order valence-corrected chi connectivity index (χ1v) is 7.31. The molecule has 0 aliphatic carbocycles. The van der Waals surface area contributed by atoms with Crippen molar-refractivity contribution in [1.29, 1.82) is 0 Å². The number of rotatable bonds is 7. The number of nitrogens with one attached hydrogen (secondary N) is 1. The lowest BCUT2D eigenvalue weighted by Crippen LogP contribution is -2.21. The van der Waals surface area contributed by atoms with Crippen LogP contribution in [-0.4, -0.2) is 19.1 Å². The molecule has 0 radical (unpaired) electrons. The SMILES string of the molecule is CCCOc1ccccc1OCC(=O)Nc1ccc(F)c(F)c1F. The van der Waals surface area contributed by atoms with Crippen LogP contribution >= 0.6 is 0 Å². The molecule has 0 fully saturated rings. The minimum atomic E-state index is -1.65. The van der Waals surface area contributed by atoms with Gasteiger partial charge in [-0.3, -0.25) is 4.79 Å². The van der Waals surface area contributed by atoms with Crippen molar-refractivity contribution in [3.8, 4) is 11.5 Å². The Morgan fingerprint density at radius 2 is 1.67 bits per heavy atom. The molecule has 0 heterocycles. The predicted octanol–water partition coefficient (Wildman–Crippen LogP) is 3.91. The summed E-state index contributed by atoms with van der Waals surface area (Å²) in [5, 5.41) is 2.12. The van der Waals surface area contributed by atoms with Crippen molar-refractivity contribution >= 4 is 11.6 Å². The van der Waals surface area contributed by atoms with Gasteiger partial charge in [-0.2, -0.15) is 0 Å². The molecule has 24 heavy (non-hydrogen) atoms. The maximum atomic E-state index is 13.5. The first-order chi connectivity index (χ1) is 11.5. The molecule has 0 aliphatic heterocycles. The Bertz CT molecular complexity index is 722. The molecular formula is C17H16F3NO3. The third-order valence-corrected chi connectivity index (χ3v) is 2.98. The van der Waals surface area contributed by atoms with Gasteiger partial charge in [-0.1, -0.05) is 19.1 Å². The van der Waals surface area contributed by atoms with E-state index in [0.717, 1.165) is 18.6 Å². The van der Waals surface area contributed by atoms with E-state index in [1.54, 1.807) is 24.3 Å². The van der Waals surface area contributed by atoms with Crippen molar-refractivity contribution in [3.05, 3.63) is 53.8 Å². The summed E-state index contributed by atoms with van der Waals surface area (Å²) < 4.78 is 50.3. The molecule has 0 saturated carbocycles. The van der Waals surface area contributed by atoms with Crippen LogP contribution in [0.1, 0.15) is 13.3 Å². The number of hydrogen-bond acceptors (Lipinski definition) is 3. The number of anilines is 1. The number of carbonyl (C=O) groups is 1. The van der Waals surface area contributed by atoms with Crippen LogP contribution in [0, 0.1) is 17.5 Å². The highest BCUT2D eigenvalue weighted by Crippen LogP contribution is 2.26. The number of halogens is 3. The molecule has 0 spiro atoms. The van der Waals surface area contributed by atoms with Gasteiger partial charge < -0.3 is 14.8 Å². The molecule has 7 heteroatoms. The van der Waals surface area contributed by atoms with E-state index in [1.165, 1.54) is 0 Å². The highest BCUT2D eigenvalue weighted by atomic mass is 19.2. The molecular weight excluding hydrogens is 323 g/mol. The molecule has 0 unspecified atom stereocenters. The highest BCUT2D eigenvalue weighted by molar-refractivity contribution is 5.92. The van der Waals surface area contributed by atoms with E-state index < -0.39 is 35.7 Å². The van der Waals surface area contributed by atoms with Crippen LogP contribution in [0.2, 0.25) is 0 Å². The van der Waals surface area contributed by atoms with E-state index in [4.69, 9.17) is 9.47 Å². The van der Waals surface area contributed by atoms with Crippen molar-refractivity contribution in [2.45, 2.75) is 13.3 Å². The van der Waals surface area contributed by atoms with Crippen LogP contribution in [0.3, 0.4) is 0 Å². The summed E-state index contributed by atoms with van der Waals surface area (Å²) in [5.41, 5.74) is -0.460. The monoisotopic (exact) mass is 339 g/mol. The summed E-state index contributed by atoms with van der Waals surface area (Å²) in [6, 6.07) is 8.44. The number of benzene rings is 2. The van der Waals surface area contributed by atoms with Crippen molar-refractivity contribution < 1.29 is 27.4 Å². The van der Waals surface area contributed by atoms with E-state index in [0.29, 0.717) is 18.1 Å². The summed E-state index contributed by atoms with van der Waals surface area (Å²) in [5.74, 6) is -4.32. The van der Waals surface area contributed by atoms with Crippen LogP contribution in [-0.2, 0) is 4.79 Å². The molecule has 0 saturated heterocycles. The Hall–Kier alpha value is -2.70. The molecule has 2 aromatic rings. The number of hydrogen-bond donors (Lipinski definition) is 1.